The molecule has 17 heavy (non-hydrogen) atoms. The van der Waals surface area contributed by atoms with E-state index in [1.807, 2.05) is 0 Å². The third kappa shape index (κ3) is 3.91. The lowest BCUT2D eigenvalue weighted by molar-refractivity contribution is 0.0655. The predicted octanol–water partition coefficient (Wildman–Crippen LogP) is -0.339. The second-order valence-corrected chi connectivity index (χ2v) is 4.15. The summed E-state index contributed by atoms with van der Waals surface area (Å²) in [5.41, 5.74) is 0. The van der Waals surface area contributed by atoms with E-state index in [2.05, 4.69) is 15.5 Å². The van der Waals surface area contributed by atoms with E-state index in [-0.39, 0.29) is 19.1 Å². The van der Waals surface area contributed by atoms with Crippen LogP contribution < -0.4 is 5.32 Å². The number of ether oxygens (including phenoxy) is 1. The molecule has 0 aliphatic carbocycles. The Hall–Kier alpha value is -1.25. The Morgan fingerprint density at radius 3 is 2.82 bits per heavy atom. The van der Waals surface area contributed by atoms with Gasteiger partial charge in [-0.25, -0.2) is 0 Å². The lowest BCUT2D eigenvalue weighted by atomic mass is 10.4. The molecule has 96 valence electrons. The molecule has 0 fully saturated rings. The van der Waals surface area contributed by atoms with E-state index in [1.54, 1.807) is 14.2 Å². The van der Waals surface area contributed by atoms with Crippen LogP contribution in [0.1, 0.15) is 9.80 Å². The Labute approximate surface area is 103 Å². The van der Waals surface area contributed by atoms with Gasteiger partial charge in [-0.2, -0.15) is 0 Å². The number of aromatic nitrogens is 2. The summed E-state index contributed by atoms with van der Waals surface area (Å²) in [7, 11) is 3.27. The molecular formula is C9H16N4O3S. The molecule has 7 nitrogen and oxygen atoms in total. The molecule has 1 amide bonds. The molecule has 0 saturated carbocycles. The largest absolute Gasteiger partial charge is 0.395 e. The zero-order valence-electron chi connectivity index (χ0n) is 9.84. The van der Waals surface area contributed by atoms with Crippen molar-refractivity contribution >= 4 is 22.4 Å². The van der Waals surface area contributed by atoms with Crippen molar-refractivity contribution < 1.29 is 14.6 Å². The molecule has 1 rings (SSSR count). The van der Waals surface area contributed by atoms with Crippen LogP contribution in [0.5, 0.6) is 0 Å². The van der Waals surface area contributed by atoms with Crippen molar-refractivity contribution in [3.63, 3.8) is 0 Å². The maximum atomic E-state index is 12.0. The normalized spacial score (nSPS) is 10.3. The second-order valence-electron chi connectivity index (χ2n) is 3.17. The first-order chi connectivity index (χ1) is 8.22. The number of carbonyl (C=O) groups excluding carboxylic acids is 1. The molecular weight excluding hydrogens is 244 g/mol. The second kappa shape index (κ2) is 7.15. The van der Waals surface area contributed by atoms with Crippen LogP contribution in [0.15, 0.2) is 0 Å². The molecule has 8 heteroatoms. The minimum Gasteiger partial charge on any atom is -0.395 e. The third-order valence-corrected chi connectivity index (χ3v) is 2.97. The van der Waals surface area contributed by atoms with Crippen molar-refractivity contribution in [3.8, 4) is 0 Å². The maximum Gasteiger partial charge on any atom is 0.285 e. The fourth-order valence-electron chi connectivity index (χ4n) is 1.18. The van der Waals surface area contributed by atoms with Gasteiger partial charge in [0, 0.05) is 27.2 Å². The molecule has 0 aliphatic rings. The Morgan fingerprint density at radius 2 is 2.29 bits per heavy atom. The number of rotatable bonds is 7. The topological polar surface area (TPSA) is 87.6 Å². The number of methoxy groups -OCH3 is 1. The zero-order valence-corrected chi connectivity index (χ0v) is 10.7. The fraction of sp³-hybridized carbons (Fsp3) is 0.667. The van der Waals surface area contributed by atoms with E-state index in [4.69, 9.17) is 9.84 Å². The van der Waals surface area contributed by atoms with Crippen molar-refractivity contribution in [2.75, 3.05) is 45.8 Å². The minimum atomic E-state index is -0.241. The first kappa shape index (κ1) is 13.8. The number of aliphatic hydroxyl groups excluding tert-OH is 1. The van der Waals surface area contributed by atoms with Gasteiger partial charge in [0.1, 0.15) is 0 Å². The number of nitrogens with zero attached hydrogens (tertiary/aromatic N) is 3. The highest BCUT2D eigenvalue weighted by Gasteiger charge is 2.19. The first-order valence-electron chi connectivity index (χ1n) is 5.13. The van der Waals surface area contributed by atoms with E-state index in [0.717, 1.165) is 0 Å². The summed E-state index contributed by atoms with van der Waals surface area (Å²) in [6.45, 7) is 1.01. The number of amides is 1. The summed E-state index contributed by atoms with van der Waals surface area (Å²) in [4.78, 5) is 13.5. The fourth-order valence-corrected chi connectivity index (χ4v) is 1.85. The highest BCUT2D eigenvalue weighted by atomic mass is 32.1. The first-order valence-corrected chi connectivity index (χ1v) is 5.95. The molecule has 2 N–H and O–H groups in total. The minimum absolute atomic E-state index is 0.0901. The Bertz CT molecular complexity index is 358. The lowest BCUT2D eigenvalue weighted by Crippen LogP contribution is -2.36. The summed E-state index contributed by atoms with van der Waals surface area (Å²) in [6, 6.07) is 0. The molecule has 0 aromatic carbocycles. The highest BCUT2D eigenvalue weighted by molar-refractivity contribution is 7.17. The van der Waals surface area contributed by atoms with Crippen molar-refractivity contribution in [1.82, 2.24) is 15.1 Å². The monoisotopic (exact) mass is 260 g/mol. The van der Waals surface area contributed by atoms with Crippen molar-refractivity contribution in [2.45, 2.75) is 0 Å². The number of aliphatic hydroxyl groups is 1. The Balaban J connectivity index is 2.68. The maximum absolute atomic E-state index is 12.0. The Kier molecular flexibility index (Phi) is 5.81. The van der Waals surface area contributed by atoms with E-state index in [0.29, 0.717) is 23.3 Å². The molecule has 0 atom stereocenters. The summed E-state index contributed by atoms with van der Waals surface area (Å²) in [5.74, 6) is -0.241. The molecule has 0 spiro atoms. The molecule has 0 aliphatic heterocycles. The summed E-state index contributed by atoms with van der Waals surface area (Å²) in [5, 5.41) is 20.2. The molecule has 0 bridgehead atoms. The van der Waals surface area contributed by atoms with Crippen LogP contribution in [-0.4, -0.2) is 66.6 Å². The van der Waals surface area contributed by atoms with Gasteiger partial charge in [-0.1, -0.05) is 11.3 Å². The number of hydrogen-bond donors (Lipinski definition) is 2. The summed E-state index contributed by atoms with van der Waals surface area (Å²) < 4.78 is 4.91. The van der Waals surface area contributed by atoms with E-state index in [9.17, 15) is 4.79 Å². The van der Waals surface area contributed by atoms with E-state index < -0.39 is 0 Å². The van der Waals surface area contributed by atoms with Crippen LogP contribution >= 0.6 is 11.3 Å². The molecule has 0 unspecified atom stereocenters. The SMILES string of the molecule is CNc1nnc(C(=O)N(CCO)CCOC)s1. The number of anilines is 1. The predicted molar refractivity (Wildman–Crippen MR) is 64.3 cm³/mol. The lowest BCUT2D eigenvalue weighted by Gasteiger charge is -2.19. The molecule has 1 aromatic rings. The van der Waals surface area contributed by atoms with E-state index in [1.165, 1.54) is 16.2 Å². The zero-order chi connectivity index (χ0) is 12.7. The van der Waals surface area contributed by atoms with Crippen molar-refractivity contribution in [2.24, 2.45) is 0 Å². The van der Waals surface area contributed by atoms with Crippen LogP contribution in [0.3, 0.4) is 0 Å². The van der Waals surface area contributed by atoms with Gasteiger partial charge in [0.15, 0.2) is 0 Å². The van der Waals surface area contributed by atoms with Crippen LogP contribution in [0.25, 0.3) is 0 Å². The molecule has 0 radical (unpaired) electrons. The van der Waals surface area contributed by atoms with Crippen LogP contribution in [-0.2, 0) is 4.74 Å². The number of carbonyl (C=O) groups is 1. The number of nitrogens with one attached hydrogen (secondary N) is 1. The van der Waals surface area contributed by atoms with Gasteiger partial charge < -0.3 is 20.1 Å². The average Bonchev–Trinajstić information content (AvgIpc) is 2.82. The Morgan fingerprint density at radius 1 is 1.53 bits per heavy atom. The number of hydrogen-bond acceptors (Lipinski definition) is 7. The van der Waals surface area contributed by atoms with Crippen LogP contribution in [0, 0.1) is 0 Å². The molecule has 1 aromatic heterocycles. The van der Waals surface area contributed by atoms with Gasteiger partial charge in [-0.3, -0.25) is 4.79 Å². The van der Waals surface area contributed by atoms with Gasteiger partial charge in [0.25, 0.3) is 5.91 Å². The smallest absolute Gasteiger partial charge is 0.285 e. The highest BCUT2D eigenvalue weighted by Crippen LogP contribution is 2.15. The average molecular weight is 260 g/mol. The van der Waals surface area contributed by atoms with Gasteiger partial charge in [-0.05, 0) is 0 Å². The van der Waals surface area contributed by atoms with Gasteiger partial charge in [0.05, 0.1) is 13.2 Å². The van der Waals surface area contributed by atoms with E-state index >= 15 is 0 Å². The van der Waals surface area contributed by atoms with Crippen LogP contribution in [0.4, 0.5) is 5.13 Å². The van der Waals surface area contributed by atoms with Crippen LogP contribution in [0.2, 0.25) is 0 Å². The van der Waals surface area contributed by atoms with Gasteiger partial charge in [-0.15, -0.1) is 10.2 Å². The molecule has 0 saturated heterocycles. The standard InChI is InChI=1S/C9H16N4O3S/c1-10-9-12-11-7(17-9)8(15)13(3-5-14)4-6-16-2/h14H,3-6H2,1-2H3,(H,10,12). The van der Waals surface area contributed by atoms with Crippen molar-refractivity contribution in [1.29, 1.82) is 0 Å². The van der Waals surface area contributed by atoms with Gasteiger partial charge >= 0.3 is 0 Å². The summed E-state index contributed by atoms with van der Waals surface area (Å²) >= 11 is 1.18. The quantitative estimate of drug-likeness (QED) is 0.697. The van der Waals surface area contributed by atoms with Crippen molar-refractivity contribution in [3.05, 3.63) is 5.01 Å². The molecule has 1 heterocycles. The van der Waals surface area contributed by atoms with Gasteiger partial charge in [0.2, 0.25) is 10.1 Å². The summed E-state index contributed by atoms with van der Waals surface area (Å²) in [6.07, 6.45) is 0. The third-order valence-electron chi connectivity index (χ3n) is 2.04.